The summed E-state index contributed by atoms with van der Waals surface area (Å²) in [5.41, 5.74) is 0. The highest BCUT2D eigenvalue weighted by Gasteiger charge is 2.15. The number of nitrogens with zero attached hydrogens (tertiary/aromatic N) is 2. The zero-order valence-corrected chi connectivity index (χ0v) is 12.0. The molecule has 15 heavy (non-hydrogen) atoms. The SMILES string of the molecule is CCN(CC)CCC[N+](C)(CC)CC.[Cl-]. The maximum atomic E-state index is 2.51. The van der Waals surface area contributed by atoms with E-state index in [2.05, 4.69) is 39.6 Å². The molecule has 0 aliphatic heterocycles. The topological polar surface area (TPSA) is 3.24 Å². The third kappa shape index (κ3) is 7.15. The predicted octanol–water partition coefficient (Wildman–Crippen LogP) is -0.791. The number of hydrogen-bond donors (Lipinski definition) is 0. The van der Waals surface area contributed by atoms with E-state index in [0.717, 1.165) is 0 Å². The van der Waals surface area contributed by atoms with Crippen LogP contribution in [0.5, 0.6) is 0 Å². The summed E-state index contributed by atoms with van der Waals surface area (Å²) >= 11 is 0. The summed E-state index contributed by atoms with van der Waals surface area (Å²) in [6.07, 6.45) is 1.33. The fourth-order valence-corrected chi connectivity index (χ4v) is 1.76. The van der Waals surface area contributed by atoms with Crippen LogP contribution in [0.1, 0.15) is 34.1 Å². The molecular weight excluding hydrogens is 208 g/mol. The van der Waals surface area contributed by atoms with E-state index in [9.17, 15) is 0 Å². The molecule has 3 heteroatoms. The monoisotopic (exact) mass is 236 g/mol. The van der Waals surface area contributed by atoms with Crippen LogP contribution in [0.2, 0.25) is 0 Å². The first kappa shape index (κ1) is 17.6. The van der Waals surface area contributed by atoms with Crippen LogP contribution in [-0.4, -0.2) is 55.7 Å². The summed E-state index contributed by atoms with van der Waals surface area (Å²) in [4.78, 5) is 2.51. The smallest absolute Gasteiger partial charge is 0.0796 e. The molecule has 0 aromatic heterocycles. The Hall–Kier alpha value is 0.210. The van der Waals surface area contributed by atoms with Crippen molar-refractivity contribution in [3.8, 4) is 0 Å². The molecule has 0 heterocycles. The minimum Gasteiger partial charge on any atom is -1.00 e. The van der Waals surface area contributed by atoms with Crippen molar-refractivity contribution < 1.29 is 16.9 Å². The Morgan fingerprint density at radius 3 is 1.73 bits per heavy atom. The van der Waals surface area contributed by atoms with Crippen molar-refractivity contribution >= 4 is 0 Å². The molecule has 94 valence electrons. The van der Waals surface area contributed by atoms with Crippen molar-refractivity contribution in [2.45, 2.75) is 34.1 Å². The van der Waals surface area contributed by atoms with Crippen LogP contribution in [0.25, 0.3) is 0 Å². The Kier molecular flexibility index (Phi) is 11.1. The number of quaternary nitrogens is 1. The summed E-state index contributed by atoms with van der Waals surface area (Å²) in [7, 11) is 2.36. The van der Waals surface area contributed by atoms with Crippen LogP contribution in [0.15, 0.2) is 0 Å². The second-order valence-electron chi connectivity index (χ2n) is 4.36. The Balaban J connectivity index is 0. The van der Waals surface area contributed by atoms with Gasteiger partial charge in [-0.25, -0.2) is 0 Å². The zero-order valence-electron chi connectivity index (χ0n) is 11.2. The summed E-state index contributed by atoms with van der Waals surface area (Å²) in [6, 6.07) is 0. The van der Waals surface area contributed by atoms with Crippen molar-refractivity contribution in [1.29, 1.82) is 0 Å². The summed E-state index contributed by atoms with van der Waals surface area (Å²) in [6.45, 7) is 16.6. The molecule has 2 nitrogen and oxygen atoms in total. The van der Waals surface area contributed by atoms with Crippen LogP contribution in [-0.2, 0) is 0 Å². The lowest BCUT2D eigenvalue weighted by atomic mass is 10.3. The Bertz CT molecular complexity index is 132. The first-order valence-corrected chi connectivity index (χ1v) is 6.17. The molecule has 0 spiro atoms. The largest absolute Gasteiger partial charge is 1.00 e. The minimum absolute atomic E-state index is 0. The van der Waals surface area contributed by atoms with Crippen LogP contribution < -0.4 is 12.4 Å². The van der Waals surface area contributed by atoms with Gasteiger partial charge in [-0.05, 0) is 26.9 Å². The quantitative estimate of drug-likeness (QED) is 0.500. The van der Waals surface area contributed by atoms with Crippen LogP contribution in [0.3, 0.4) is 0 Å². The maximum Gasteiger partial charge on any atom is 0.0796 e. The molecule has 0 fully saturated rings. The first-order valence-electron chi connectivity index (χ1n) is 6.17. The number of hydrogen-bond acceptors (Lipinski definition) is 1. The Labute approximate surface area is 103 Å². The van der Waals surface area contributed by atoms with Gasteiger partial charge in [-0.2, -0.15) is 0 Å². The summed E-state index contributed by atoms with van der Waals surface area (Å²) in [5, 5.41) is 0. The van der Waals surface area contributed by atoms with Gasteiger partial charge in [0.1, 0.15) is 0 Å². The van der Waals surface area contributed by atoms with Gasteiger partial charge in [0.25, 0.3) is 0 Å². The average molecular weight is 237 g/mol. The molecule has 0 saturated carbocycles. The Morgan fingerprint density at radius 1 is 0.933 bits per heavy atom. The standard InChI is InChI=1S/C12H29N2.ClH/c1-6-13(7-2)11-10-12-14(5,8-3)9-4;/h6-12H2,1-5H3;1H/q+1;/p-1. The molecular formula is C12H29ClN2. The lowest BCUT2D eigenvalue weighted by Crippen LogP contribution is -3.00. The molecule has 0 rings (SSSR count). The molecule has 0 aliphatic rings. The van der Waals surface area contributed by atoms with Crippen molar-refractivity contribution in [2.24, 2.45) is 0 Å². The highest BCUT2D eigenvalue weighted by atomic mass is 35.5. The van der Waals surface area contributed by atoms with E-state index in [1.807, 2.05) is 0 Å². The third-order valence-electron chi connectivity index (χ3n) is 3.59. The Morgan fingerprint density at radius 2 is 1.40 bits per heavy atom. The predicted molar refractivity (Wildman–Crippen MR) is 64.5 cm³/mol. The first-order chi connectivity index (χ1) is 6.61. The van der Waals surface area contributed by atoms with Gasteiger partial charge in [-0.15, -0.1) is 0 Å². The highest BCUT2D eigenvalue weighted by molar-refractivity contribution is 4.51. The molecule has 0 atom stereocenters. The molecule has 0 bridgehead atoms. The van der Waals surface area contributed by atoms with Crippen molar-refractivity contribution in [3.63, 3.8) is 0 Å². The summed E-state index contributed by atoms with van der Waals surface area (Å²) < 4.78 is 1.22. The fraction of sp³-hybridized carbons (Fsp3) is 1.00. The lowest BCUT2D eigenvalue weighted by Gasteiger charge is -2.33. The lowest BCUT2D eigenvalue weighted by molar-refractivity contribution is -0.906. The molecule has 0 N–H and O–H groups in total. The third-order valence-corrected chi connectivity index (χ3v) is 3.59. The van der Waals surface area contributed by atoms with Crippen molar-refractivity contribution in [2.75, 3.05) is 46.3 Å². The van der Waals surface area contributed by atoms with Gasteiger partial charge in [-0.3, -0.25) is 0 Å². The second-order valence-corrected chi connectivity index (χ2v) is 4.36. The molecule has 0 radical (unpaired) electrons. The maximum absolute atomic E-state index is 2.51. The van der Waals surface area contributed by atoms with Gasteiger partial charge in [-0.1, -0.05) is 13.8 Å². The van der Waals surface area contributed by atoms with Gasteiger partial charge in [0.05, 0.1) is 26.7 Å². The van der Waals surface area contributed by atoms with Gasteiger partial charge in [0.2, 0.25) is 0 Å². The number of halogens is 1. The summed E-state index contributed by atoms with van der Waals surface area (Å²) in [5.74, 6) is 0. The van der Waals surface area contributed by atoms with Gasteiger partial charge in [0, 0.05) is 13.0 Å². The van der Waals surface area contributed by atoms with Crippen molar-refractivity contribution in [3.05, 3.63) is 0 Å². The zero-order chi connectivity index (χ0) is 11.0. The van der Waals surface area contributed by atoms with E-state index in [4.69, 9.17) is 0 Å². The van der Waals surface area contributed by atoms with E-state index in [0.29, 0.717) is 0 Å². The van der Waals surface area contributed by atoms with Crippen molar-refractivity contribution in [1.82, 2.24) is 4.90 Å². The van der Waals surface area contributed by atoms with Crippen LogP contribution >= 0.6 is 0 Å². The van der Waals surface area contributed by atoms with Gasteiger partial charge >= 0.3 is 0 Å². The average Bonchev–Trinajstić information content (AvgIpc) is 2.24. The van der Waals surface area contributed by atoms with E-state index in [-0.39, 0.29) is 12.4 Å². The van der Waals surface area contributed by atoms with E-state index >= 15 is 0 Å². The second kappa shape index (κ2) is 9.44. The van der Waals surface area contributed by atoms with E-state index < -0.39 is 0 Å². The van der Waals surface area contributed by atoms with Crippen LogP contribution in [0, 0.1) is 0 Å². The normalized spacial score (nSPS) is 11.6. The van der Waals surface area contributed by atoms with Gasteiger partial charge in [0.15, 0.2) is 0 Å². The highest BCUT2D eigenvalue weighted by Crippen LogP contribution is 2.03. The molecule has 0 saturated heterocycles. The van der Waals surface area contributed by atoms with Gasteiger partial charge < -0.3 is 21.8 Å². The van der Waals surface area contributed by atoms with E-state index in [1.165, 1.54) is 50.2 Å². The molecule has 0 aliphatic carbocycles. The molecule has 0 aromatic rings. The fourth-order valence-electron chi connectivity index (χ4n) is 1.76. The number of rotatable bonds is 8. The molecule has 0 aromatic carbocycles. The minimum atomic E-state index is 0. The molecule has 0 amide bonds. The molecule has 0 unspecified atom stereocenters. The van der Waals surface area contributed by atoms with Crippen LogP contribution in [0.4, 0.5) is 0 Å². The van der Waals surface area contributed by atoms with E-state index in [1.54, 1.807) is 0 Å².